The molecule has 0 fully saturated rings. The van der Waals surface area contributed by atoms with Gasteiger partial charge in [0.05, 0.1) is 13.1 Å². The van der Waals surface area contributed by atoms with Gasteiger partial charge < -0.3 is 0 Å². The van der Waals surface area contributed by atoms with Gasteiger partial charge in [-0.2, -0.15) is 0 Å². The molecule has 0 bridgehead atoms. The maximum atomic E-state index is 2.46. The van der Waals surface area contributed by atoms with Gasteiger partial charge in [-0.1, -0.05) is 50.1 Å². The van der Waals surface area contributed by atoms with Crippen molar-refractivity contribution in [3.63, 3.8) is 0 Å². The molecule has 1 heterocycles. The minimum absolute atomic E-state index is 1.08. The molecule has 0 saturated carbocycles. The van der Waals surface area contributed by atoms with E-state index in [1.165, 1.54) is 49.9 Å². The van der Waals surface area contributed by atoms with Gasteiger partial charge >= 0.3 is 0 Å². The van der Waals surface area contributed by atoms with Crippen LogP contribution in [0.1, 0.15) is 50.9 Å². The van der Waals surface area contributed by atoms with Crippen LogP contribution in [0.25, 0.3) is 0 Å². The summed E-state index contributed by atoms with van der Waals surface area (Å²) in [5, 5.41) is 0. The molecule has 0 aliphatic rings. The summed E-state index contributed by atoms with van der Waals surface area (Å²) in [6, 6.07) is 10.8. The van der Waals surface area contributed by atoms with E-state index in [0.29, 0.717) is 0 Å². The summed E-state index contributed by atoms with van der Waals surface area (Å²) in [6.07, 6.45) is 12.0. The fraction of sp³-hybridized carbons (Fsp3) is 0.526. The number of imidazole rings is 1. The molecule has 2 rings (SSSR count). The van der Waals surface area contributed by atoms with Crippen molar-refractivity contribution >= 4 is 0 Å². The Kier molecular flexibility index (Phi) is 6.52. The zero-order valence-corrected chi connectivity index (χ0v) is 13.6. The van der Waals surface area contributed by atoms with Crippen LogP contribution in [0.4, 0.5) is 0 Å². The van der Waals surface area contributed by atoms with Crippen molar-refractivity contribution in [2.75, 3.05) is 0 Å². The highest BCUT2D eigenvalue weighted by atomic mass is 15.1. The van der Waals surface area contributed by atoms with Crippen molar-refractivity contribution in [3.8, 4) is 0 Å². The molecule has 0 N–H and O–H groups in total. The van der Waals surface area contributed by atoms with E-state index in [2.05, 4.69) is 65.7 Å². The van der Waals surface area contributed by atoms with Crippen molar-refractivity contribution in [2.24, 2.45) is 0 Å². The minimum atomic E-state index is 1.08. The monoisotopic (exact) mass is 285 g/mol. The van der Waals surface area contributed by atoms with Gasteiger partial charge in [-0.15, -0.1) is 0 Å². The molecule has 0 radical (unpaired) electrons. The molecule has 21 heavy (non-hydrogen) atoms. The highest BCUT2D eigenvalue weighted by Crippen LogP contribution is 2.06. The summed E-state index contributed by atoms with van der Waals surface area (Å²) in [5.41, 5.74) is 1.44. The summed E-state index contributed by atoms with van der Waals surface area (Å²) in [7, 11) is 0. The normalized spacial score (nSPS) is 11.0. The molecule has 2 heteroatoms. The average molecular weight is 285 g/mol. The molecule has 1 aromatic carbocycles. The van der Waals surface area contributed by atoms with Gasteiger partial charge in [0.2, 0.25) is 0 Å². The van der Waals surface area contributed by atoms with E-state index in [9.17, 15) is 0 Å². The molecule has 1 aromatic heterocycles. The number of hydrogen-bond acceptors (Lipinski definition) is 0. The quantitative estimate of drug-likeness (QED) is 0.483. The molecule has 114 valence electrons. The second-order valence-corrected chi connectivity index (χ2v) is 5.74. The van der Waals surface area contributed by atoms with Crippen LogP contribution in [0.3, 0.4) is 0 Å². The Morgan fingerprint density at radius 1 is 0.952 bits per heavy atom. The molecular formula is C19H29N2+. The Morgan fingerprint density at radius 3 is 2.48 bits per heavy atom. The van der Waals surface area contributed by atoms with Crippen LogP contribution in [-0.4, -0.2) is 4.57 Å². The molecule has 2 nitrogen and oxygen atoms in total. The lowest BCUT2D eigenvalue weighted by atomic mass is 10.1. The fourth-order valence-corrected chi connectivity index (χ4v) is 2.91. The largest absolute Gasteiger partial charge is 0.256 e. The zero-order chi connectivity index (χ0) is 14.9. The number of aryl methyl sites for hydroxylation is 3. The Labute approximate surface area is 129 Å². The van der Waals surface area contributed by atoms with Crippen molar-refractivity contribution in [3.05, 3.63) is 54.1 Å². The third-order valence-electron chi connectivity index (χ3n) is 4.14. The smallest absolute Gasteiger partial charge is 0.235 e. The molecule has 0 amide bonds. The van der Waals surface area contributed by atoms with E-state index >= 15 is 0 Å². The fourth-order valence-electron chi connectivity index (χ4n) is 2.91. The summed E-state index contributed by atoms with van der Waals surface area (Å²) < 4.78 is 4.86. The Bertz CT molecular complexity index is 514. The Hall–Kier alpha value is -1.57. The third kappa shape index (κ3) is 4.73. The SMILES string of the molecule is CCCCCc1n(CC)cc[n+]1CCCc1ccccc1. The lowest BCUT2D eigenvalue weighted by Gasteiger charge is -2.05. The number of unbranched alkanes of at least 4 members (excludes halogenated alkanes) is 2. The van der Waals surface area contributed by atoms with Crippen molar-refractivity contribution in [1.29, 1.82) is 0 Å². The lowest BCUT2D eigenvalue weighted by Crippen LogP contribution is -2.37. The predicted octanol–water partition coefficient (Wildman–Crippen LogP) is 4.16. The highest BCUT2D eigenvalue weighted by molar-refractivity contribution is 5.14. The minimum Gasteiger partial charge on any atom is -0.235 e. The van der Waals surface area contributed by atoms with E-state index < -0.39 is 0 Å². The first-order valence-electron chi connectivity index (χ1n) is 8.46. The maximum Gasteiger partial charge on any atom is 0.256 e. The number of rotatable bonds is 9. The lowest BCUT2D eigenvalue weighted by molar-refractivity contribution is -0.704. The molecule has 0 aliphatic carbocycles. The van der Waals surface area contributed by atoms with Crippen molar-refractivity contribution < 1.29 is 4.57 Å². The van der Waals surface area contributed by atoms with Crippen LogP contribution < -0.4 is 4.57 Å². The second kappa shape index (κ2) is 8.66. The molecule has 0 saturated heterocycles. The van der Waals surface area contributed by atoms with Gasteiger partial charge in [-0.25, -0.2) is 9.13 Å². The number of nitrogens with zero attached hydrogens (tertiary/aromatic N) is 2. The van der Waals surface area contributed by atoms with Gasteiger partial charge in [-0.3, -0.25) is 0 Å². The van der Waals surface area contributed by atoms with E-state index in [1.54, 1.807) is 0 Å². The maximum absolute atomic E-state index is 2.46. The van der Waals surface area contributed by atoms with Gasteiger partial charge in [0.25, 0.3) is 5.82 Å². The first-order chi connectivity index (χ1) is 10.3. The number of hydrogen-bond donors (Lipinski definition) is 0. The first kappa shape index (κ1) is 15.8. The topological polar surface area (TPSA) is 8.81 Å². The van der Waals surface area contributed by atoms with Gasteiger partial charge in [0.15, 0.2) is 0 Å². The third-order valence-corrected chi connectivity index (χ3v) is 4.14. The van der Waals surface area contributed by atoms with Crippen molar-refractivity contribution in [2.45, 2.75) is 65.5 Å². The second-order valence-electron chi connectivity index (χ2n) is 5.74. The molecule has 0 aliphatic heterocycles. The average Bonchev–Trinajstić information content (AvgIpc) is 2.91. The highest BCUT2D eigenvalue weighted by Gasteiger charge is 2.15. The summed E-state index contributed by atoms with van der Waals surface area (Å²) in [6.45, 7) is 6.71. The first-order valence-corrected chi connectivity index (χ1v) is 8.46. The molecule has 0 unspecified atom stereocenters. The molecule has 0 spiro atoms. The van der Waals surface area contributed by atoms with Crippen LogP contribution >= 0.6 is 0 Å². The standard InChI is InChI=1S/C19H29N2/c1-3-5-7-14-19-20(4-2)16-17-21(19)15-10-13-18-11-8-6-9-12-18/h6,8-9,11-12,16-17H,3-5,7,10,13-15H2,1-2H3/q+1. The molecule has 2 aromatic rings. The van der Waals surface area contributed by atoms with Crippen LogP contribution in [0.5, 0.6) is 0 Å². The van der Waals surface area contributed by atoms with E-state index in [1.807, 2.05) is 0 Å². The van der Waals surface area contributed by atoms with E-state index in [4.69, 9.17) is 0 Å². The summed E-state index contributed by atoms with van der Waals surface area (Å²) in [4.78, 5) is 0. The molecule has 0 atom stereocenters. The van der Waals surface area contributed by atoms with Gasteiger partial charge in [0, 0.05) is 6.42 Å². The summed E-state index contributed by atoms with van der Waals surface area (Å²) >= 11 is 0. The van der Waals surface area contributed by atoms with Crippen LogP contribution in [0, 0.1) is 0 Å². The van der Waals surface area contributed by atoms with Crippen LogP contribution in [0.2, 0.25) is 0 Å². The number of benzene rings is 1. The summed E-state index contributed by atoms with van der Waals surface area (Å²) in [5.74, 6) is 1.50. The van der Waals surface area contributed by atoms with Crippen LogP contribution in [0.15, 0.2) is 42.7 Å². The van der Waals surface area contributed by atoms with Crippen molar-refractivity contribution in [1.82, 2.24) is 4.57 Å². The van der Waals surface area contributed by atoms with E-state index in [-0.39, 0.29) is 0 Å². The van der Waals surface area contributed by atoms with E-state index in [0.717, 1.165) is 13.1 Å². The predicted molar refractivity (Wildman–Crippen MR) is 88.3 cm³/mol. The number of aromatic nitrogens is 2. The van der Waals surface area contributed by atoms with Gasteiger partial charge in [-0.05, 0) is 31.7 Å². The Morgan fingerprint density at radius 2 is 1.76 bits per heavy atom. The van der Waals surface area contributed by atoms with Crippen LogP contribution in [-0.2, 0) is 25.9 Å². The zero-order valence-electron chi connectivity index (χ0n) is 13.6. The molecular weight excluding hydrogens is 256 g/mol. The Balaban J connectivity index is 1.91. The van der Waals surface area contributed by atoms with Gasteiger partial charge in [0.1, 0.15) is 12.4 Å².